The summed E-state index contributed by atoms with van der Waals surface area (Å²) in [6.45, 7) is 4.18. The topological polar surface area (TPSA) is 46.6 Å². The minimum absolute atomic E-state index is 0.366. The second-order valence-electron chi connectivity index (χ2n) is 5.66. The van der Waals surface area contributed by atoms with Crippen LogP contribution in [0.25, 0.3) is 0 Å². The fourth-order valence-corrected chi connectivity index (χ4v) is 3.94. The standard InChI is InChI=1S/C18H23NO3S/c1-14-9-10-18(15(2)13-14)23(20,21)19(3)12-11-16-7-5-6-8-17(16)22-4/h5-10,13H,11-12H2,1-4H3. The van der Waals surface area contributed by atoms with Gasteiger partial charge in [-0.25, -0.2) is 12.7 Å². The molecule has 0 fully saturated rings. The van der Waals surface area contributed by atoms with Crippen molar-refractivity contribution in [2.24, 2.45) is 0 Å². The van der Waals surface area contributed by atoms with Gasteiger partial charge in [-0.3, -0.25) is 0 Å². The first kappa shape index (κ1) is 17.5. The Bertz CT molecular complexity index is 785. The van der Waals surface area contributed by atoms with E-state index in [9.17, 15) is 8.42 Å². The Balaban J connectivity index is 2.17. The van der Waals surface area contributed by atoms with Crippen molar-refractivity contribution in [3.63, 3.8) is 0 Å². The number of sulfonamides is 1. The van der Waals surface area contributed by atoms with Gasteiger partial charge in [0.1, 0.15) is 5.75 Å². The van der Waals surface area contributed by atoms with E-state index in [4.69, 9.17) is 4.74 Å². The number of ether oxygens (including phenoxy) is 1. The van der Waals surface area contributed by atoms with Crippen molar-refractivity contribution in [3.05, 3.63) is 59.2 Å². The van der Waals surface area contributed by atoms with Crippen LogP contribution in [0, 0.1) is 13.8 Å². The molecule has 23 heavy (non-hydrogen) atoms. The molecule has 0 bridgehead atoms. The SMILES string of the molecule is COc1ccccc1CCN(C)S(=O)(=O)c1ccc(C)cc1C. The summed E-state index contributed by atoms with van der Waals surface area (Å²) in [5.74, 6) is 0.782. The van der Waals surface area contributed by atoms with Crippen LogP contribution in [-0.4, -0.2) is 33.4 Å². The molecule has 5 heteroatoms. The minimum atomic E-state index is -3.48. The van der Waals surface area contributed by atoms with Crippen molar-refractivity contribution in [3.8, 4) is 5.75 Å². The molecule has 2 aromatic rings. The second-order valence-corrected chi connectivity index (χ2v) is 7.67. The predicted octanol–water partition coefficient (Wildman–Crippen LogP) is 3.18. The van der Waals surface area contributed by atoms with Gasteiger partial charge in [-0.1, -0.05) is 35.9 Å². The smallest absolute Gasteiger partial charge is 0.243 e. The van der Waals surface area contributed by atoms with E-state index in [2.05, 4.69) is 0 Å². The summed E-state index contributed by atoms with van der Waals surface area (Å²) in [7, 11) is -0.248. The third-order valence-electron chi connectivity index (χ3n) is 3.91. The van der Waals surface area contributed by atoms with Crippen LogP contribution < -0.4 is 4.74 Å². The number of aryl methyl sites for hydroxylation is 2. The van der Waals surface area contributed by atoms with Crippen LogP contribution in [0.1, 0.15) is 16.7 Å². The predicted molar refractivity (Wildman–Crippen MR) is 92.4 cm³/mol. The molecular weight excluding hydrogens is 310 g/mol. The third kappa shape index (κ3) is 3.92. The van der Waals surface area contributed by atoms with Gasteiger partial charge in [0.05, 0.1) is 12.0 Å². The zero-order valence-electron chi connectivity index (χ0n) is 14.0. The maximum absolute atomic E-state index is 12.7. The normalized spacial score (nSPS) is 11.7. The molecule has 2 aromatic carbocycles. The molecule has 0 aliphatic carbocycles. The molecule has 0 aliphatic heterocycles. The number of likely N-dealkylation sites (N-methyl/N-ethyl adjacent to an activating group) is 1. The van der Waals surface area contributed by atoms with E-state index in [1.165, 1.54) is 4.31 Å². The van der Waals surface area contributed by atoms with Gasteiger partial charge in [-0.05, 0) is 43.5 Å². The Kier molecular flexibility index (Phi) is 5.44. The Labute approximate surface area is 138 Å². The fraction of sp³-hybridized carbons (Fsp3) is 0.333. The molecule has 0 saturated heterocycles. The molecule has 0 amide bonds. The number of hydrogen-bond acceptors (Lipinski definition) is 3. The van der Waals surface area contributed by atoms with E-state index in [0.717, 1.165) is 22.4 Å². The van der Waals surface area contributed by atoms with E-state index in [0.29, 0.717) is 17.9 Å². The van der Waals surface area contributed by atoms with Crippen LogP contribution in [0.3, 0.4) is 0 Å². The number of benzene rings is 2. The summed E-state index contributed by atoms with van der Waals surface area (Å²) < 4.78 is 32.2. The maximum Gasteiger partial charge on any atom is 0.243 e. The van der Waals surface area contributed by atoms with Gasteiger partial charge in [0.25, 0.3) is 0 Å². The van der Waals surface area contributed by atoms with Crippen molar-refractivity contribution in [2.45, 2.75) is 25.2 Å². The zero-order valence-corrected chi connectivity index (χ0v) is 14.9. The van der Waals surface area contributed by atoms with Crippen molar-refractivity contribution in [1.29, 1.82) is 0 Å². The molecule has 0 N–H and O–H groups in total. The van der Waals surface area contributed by atoms with Gasteiger partial charge in [-0.15, -0.1) is 0 Å². The molecule has 124 valence electrons. The highest BCUT2D eigenvalue weighted by molar-refractivity contribution is 7.89. The molecule has 0 unspecified atom stereocenters. The Morgan fingerprint density at radius 2 is 1.78 bits per heavy atom. The van der Waals surface area contributed by atoms with Gasteiger partial charge >= 0.3 is 0 Å². The molecule has 0 aromatic heterocycles. The lowest BCUT2D eigenvalue weighted by Gasteiger charge is -2.19. The summed E-state index contributed by atoms with van der Waals surface area (Å²) in [5, 5.41) is 0. The number of para-hydroxylation sites is 1. The summed E-state index contributed by atoms with van der Waals surface area (Å²) in [5.41, 5.74) is 2.82. The number of methoxy groups -OCH3 is 1. The fourth-order valence-electron chi connectivity index (χ4n) is 2.56. The monoisotopic (exact) mass is 333 g/mol. The molecule has 0 heterocycles. The molecule has 0 aliphatic rings. The number of nitrogens with zero attached hydrogens (tertiary/aromatic N) is 1. The van der Waals surface area contributed by atoms with Crippen molar-refractivity contribution >= 4 is 10.0 Å². The van der Waals surface area contributed by atoms with Crippen LogP contribution >= 0.6 is 0 Å². The van der Waals surface area contributed by atoms with Crippen molar-refractivity contribution in [2.75, 3.05) is 20.7 Å². The first-order valence-electron chi connectivity index (χ1n) is 7.51. The molecule has 0 saturated carbocycles. The lowest BCUT2D eigenvalue weighted by atomic mass is 10.1. The highest BCUT2D eigenvalue weighted by Crippen LogP contribution is 2.22. The van der Waals surface area contributed by atoms with Crippen molar-refractivity contribution in [1.82, 2.24) is 4.31 Å². The lowest BCUT2D eigenvalue weighted by Crippen LogP contribution is -2.29. The third-order valence-corrected chi connectivity index (χ3v) is 5.92. The maximum atomic E-state index is 12.7. The Hall–Kier alpha value is -1.85. The van der Waals surface area contributed by atoms with Crippen LogP contribution in [0.4, 0.5) is 0 Å². The highest BCUT2D eigenvalue weighted by atomic mass is 32.2. The quantitative estimate of drug-likeness (QED) is 0.816. The molecule has 0 spiro atoms. The Morgan fingerprint density at radius 1 is 1.09 bits per heavy atom. The first-order valence-corrected chi connectivity index (χ1v) is 8.95. The van der Waals surface area contributed by atoms with Gasteiger partial charge in [0.15, 0.2) is 0 Å². The minimum Gasteiger partial charge on any atom is -0.496 e. The van der Waals surface area contributed by atoms with Crippen LogP contribution in [0.2, 0.25) is 0 Å². The first-order chi connectivity index (χ1) is 10.9. The molecule has 4 nitrogen and oxygen atoms in total. The molecule has 2 rings (SSSR count). The van der Waals surface area contributed by atoms with Crippen molar-refractivity contribution < 1.29 is 13.2 Å². The summed E-state index contributed by atoms with van der Waals surface area (Å²) in [6, 6.07) is 13.1. The van der Waals surface area contributed by atoms with E-state index < -0.39 is 10.0 Å². The number of hydrogen-bond donors (Lipinski definition) is 0. The van der Waals surface area contributed by atoms with Gasteiger partial charge in [0.2, 0.25) is 10.0 Å². The molecule has 0 atom stereocenters. The Morgan fingerprint density at radius 3 is 2.43 bits per heavy atom. The van der Waals surface area contributed by atoms with Gasteiger partial charge in [-0.2, -0.15) is 0 Å². The van der Waals surface area contributed by atoms with Gasteiger partial charge < -0.3 is 4.74 Å². The average molecular weight is 333 g/mol. The number of rotatable bonds is 6. The molecule has 0 radical (unpaired) electrons. The molecular formula is C18H23NO3S. The van der Waals surface area contributed by atoms with Crippen LogP contribution in [0.15, 0.2) is 47.4 Å². The average Bonchev–Trinajstić information content (AvgIpc) is 2.52. The summed E-state index contributed by atoms with van der Waals surface area (Å²) >= 11 is 0. The lowest BCUT2D eigenvalue weighted by molar-refractivity contribution is 0.406. The van der Waals surface area contributed by atoms with E-state index in [1.807, 2.05) is 50.2 Å². The van der Waals surface area contributed by atoms with Gasteiger partial charge in [0, 0.05) is 13.6 Å². The summed E-state index contributed by atoms with van der Waals surface area (Å²) in [6.07, 6.45) is 0.602. The van der Waals surface area contributed by atoms with E-state index in [1.54, 1.807) is 20.2 Å². The van der Waals surface area contributed by atoms with E-state index in [-0.39, 0.29) is 0 Å². The highest BCUT2D eigenvalue weighted by Gasteiger charge is 2.22. The largest absolute Gasteiger partial charge is 0.496 e. The van der Waals surface area contributed by atoms with E-state index >= 15 is 0 Å². The summed E-state index contributed by atoms with van der Waals surface area (Å²) in [4.78, 5) is 0.366. The second kappa shape index (κ2) is 7.15. The van der Waals surface area contributed by atoms with Crippen LogP contribution in [0.5, 0.6) is 5.75 Å². The zero-order chi connectivity index (χ0) is 17.0. The van der Waals surface area contributed by atoms with Crippen LogP contribution in [-0.2, 0) is 16.4 Å².